The summed E-state index contributed by atoms with van der Waals surface area (Å²) in [5.74, 6) is 0.122. The van der Waals surface area contributed by atoms with E-state index in [1.807, 2.05) is 30.3 Å². The zero-order valence-corrected chi connectivity index (χ0v) is 11.5. The van der Waals surface area contributed by atoms with E-state index in [0.29, 0.717) is 11.4 Å². The summed E-state index contributed by atoms with van der Waals surface area (Å²) >= 11 is 0. The molecule has 1 N–H and O–H groups in total. The lowest BCUT2D eigenvalue weighted by atomic mass is 10.1. The number of benzene rings is 2. The SMILES string of the molecule is N#Cc1n[nH]nc1-c1cccc(COc2cccc(F)c2)c1. The Bertz CT molecular complexity index is 838. The normalized spacial score (nSPS) is 10.2. The molecule has 0 bridgehead atoms. The molecule has 0 saturated heterocycles. The summed E-state index contributed by atoms with van der Waals surface area (Å²) in [4.78, 5) is 0. The Morgan fingerprint density at radius 1 is 1.14 bits per heavy atom. The molecule has 0 atom stereocenters. The highest BCUT2D eigenvalue weighted by Crippen LogP contribution is 2.21. The van der Waals surface area contributed by atoms with E-state index in [4.69, 9.17) is 10.00 Å². The zero-order valence-electron chi connectivity index (χ0n) is 11.5. The van der Waals surface area contributed by atoms with Crippen LogP contribution in [0.4, 0.5) is 4.39 Å². The van der Waals surface area contributed by atoms with Crippen molar-refractivity contribution in [3.63, 3.8) is 0 Å². The van der Waals surface area contributed by atoms with Crippen LogP contribution in [0, 0.1) is 17.1 Å². The predicted molar refractivity (Wildman–Crippen MR) is 77.3 cm³/mol. The fourth-order valence-corrected chi connectivity index (χ4v) is 2.04. The van der Waals surface area contributed by atoms with Crippen molar-refractivity contribution in [2.24, 2.45) is 0 Å². The molecule has 1 aromatic heterocycles. The fourth-order valence-electron chi connectivity index (χ4n) is 2.04. The molecule has 0 aliphatic rings. The third-order valence-corrected chi connectivity index (χ3v) is 3.06. The molecule has 0 unspecified atom stereocenters. The van der Waals surface area contributed by atoms with Crippen LogP contribution in [-0.2, 0) is 6.61 Å². The second kappa shape index (κ2) is 6.06. The molecule has 5 nitrogen and oxygen atoms in total. The third-order valence-electron chi connectivity index (χ3n) is 3.06. The van der Waals surface area contributed by atoms with Crippen LogP contribution in [0.15, 0.2) is 48.5 Å². The van der Waals surface area contributed by atoms with Gasteiger partial charge in [0.1, 0.15) is 29.9 Å². The molecule has 0 aliphatic carbocycles. The Kier molecular flexibility index (Phi) is 3.79. The minimum atomic E-state index is -0.340. The Hall–Kier alpha value is -3.20. The van der Waals surface area contributed by atoms with Gasteiger partial charge < -0.3 is 4.74 Å². The van der Waals surface area contributed by atoms with Gasteiger partial charge in [-0.3, -0.25) is 0 Å². The number of aromatic nitrogens is 3. The number of nitriles is 1. The molecule has 3 rings (SSSR count). The Morgan fingerprint density at radius 2 is 2.00 bits per heavy atom. The average Bonchev–Trinajstić information content (AvgIpc) is 3.02. The molecule has 108 valence electrons. The zero-order chi connectivity index (χ0) is 15.4. The van der Waals surface area contributed by atoms with Crippen LogP contribution in [-0.4, -0.2) is 15.4 Å². The highest BCUT2D eigenvalue weighted by molar-refractivity contribution is 5.64. The van der Waals surface area contributed by atoms with Crippen molar-refractivity contribution >= 4 is 0 Å². The van der Waals surface area contributed by atoms with Gasteiger partial charge in [-0.1, -0.05) is 24.3 Å². The molecule has 3 aromatic rings. The van der Waals surface area contributed by atoms with Gasteiger partial charge in [0.25, 0.3) is 0 Å². The van der Waals surface area contributed by atoms with Gasteiger partial charge in [-0.2, -0.15) is 15.6 Å². The summed E-state index contributed by atoms with van der Waals surface area (Å²) in [7, 11) is 0. The topological polar surface area (TPSA) is 74.6 Å². The number of H-pyrrole nitrogens is 1. The molecule has 0 aliphatic heterocycles. The van der Waals surface area contributed by atoms with Crippen LogP contribution in [0.1, 0.15) is 11.3 Å². The van der Waals surface area contributed by atoms with E-state index >= 15 is 0 Å². The number of nitrogens with zero attached hydrogens (tertiary/aromatic N) is 3. The van der Waals surface area contributed by atoms with Gasteiger partial charge >= 0.3 is 0 Å². The van der Waals surface area contributed by atoms with Crippen molar-refractivity contribution in [1.82, 2.24) is 15.4 Å². The third kappa shape index (κ3) is 2.94. The largest absolute Gasteiger partial charge is 0.489 e. The summed E-state index contributed by atoms with van der Waals surface area (Å²) in [5.41, 5.74) is 2.39. The van der Waals surface area contributed by atoms with Crippen molar-refractivity contribution in [1.29, 1.82) is 5.26 Å². The minimum Gasteiger partial charge on any atom is -0.489 e. The molecule has 0 spiro atoms. The molecular formula is C16H11FN4O. The lowest BCUT2D eigenvalue weighted by molar-refractivity contribution is 0.304. The highest BCUT2D eigenvalue weighted by Gasteiger charge is 2.10. The number of nitrogens with one attached hydrogen (secondary N) is 1. The van der Waals surface area contributed by atoms with Crippen LogP contribution in [0.3, 0.4) is 0 Å². The Balaban J connectivity index is 1.79. The molecule has 0 saturated carbocycles. The lowest BCUT2D eigenvalue weighted by Gasteiger charge is -2.07. The van der Waals surface area contributed by atoms with Crippen molar-refractivity contribution in [3.05, 3.63) is 65.6 Å². The quantitative estimate of drug-likeness (QED) is 0.802. The van der Waals surface area contributed by atoms with Crippen molar-refractivity contribution in [2.45, 2.75) is 6.61 Å². The Labute approximate surface area is 126 Å². The standard InChI is InChI=1S/C16H11FN4O/c17-13-5-2-6-14(8-13)22-10-11-3-1-4-12(7-11)16-15(9-18)19-21-20-16/h1-8H,10H2,(H,19,20,21). The number of rotatable bonds is 4. The predicted octanol–water partition coefficient (Wildman–Crippen LogP) is 3.06. The average molecular weight is 294 g/mol. The second-order valence-electron chi connectivity index (χ2n) is 4.58. The molecular weight excluding hydrogens is 283 g/mol. The van der Waals surface area contributed by atoms with Gasteiger partial charge in [-0.05, 0) is 23.8 Å². The van der Waals surface area contributed by atoms with E-state index in [1.54, 1.807) is 12.1 Å². The van der Waals surface area contributed by atoms with Gasteiger partial charge in [-0.15, -0.1) is 5.10 Å². The van der Waals surface area contributed by atoms with E-state index in [-0.39, 0.29) is 18.1 Å². The molecule has 0 amide bonds. The Morgan fingerprint density at radius 3 is 2.82 bits per heavy atom. The molecule has 22 heavy (non-hydrogen) atoms. The highest BCUT2D eigenvalue weighted by atomic mass is 19.1. The smallest absolute Gasteiger partial charge is 0.190 e. The number of halogens is 1. The lowest BCUT2D eigenvalue weighted by Crippen LogP contribution is -1.96. The number of hydrogen-bond acceptors (Lipinski definition) is 4. The van der Waals surface area contributed by atoms with E-state index in [2.05, 4.69) is 15.4 Å². The maximum absolute atomic E-state index is 13.1. The molecule has 2 aromatic carbocycles. The summed E-state index contributed by atoms with van der Waals surface area (Å²) in [5, 5.41) is 19.2. The molecule has 1 heterocycles. The summed E-state index contributed by atoms with van der Waals surface area (Å²) in [6.45, 7) is 0.289. The van der Waals surface area contributed by atoms with Gasteiger partial charge in [0, 0.05) is 11.6 Å². The second-order valence-corrected chi connectivity index (χ2v) is 4.58. The maximum Gasteiger partial charge on any atom is 0.190 e. The molecule has 6 heteroatoms. The van der Waals surface area contributed by atoms with Crippen LogP contribution in [0.2, 0.25) is 0 Å². The first kappa shape index (κ1) is 13.8. The fraction of sp³-hybridized carbons (Fsp3) is 0.0625. The summed E-state index contributed by atoms with van der Waals surface area (Å²) < 4.78 is 18.6. The number of hydrogen-bond donors (Lipinski definition) is 1. The van der Waals surface area contributed by atoms with E-state index < -0.39 is 0 Å². The van der Waals surface area contributed by atoms with E-state index in [0.717, 1.165) is 11.1 Å². The summed E-state index contributed by atoms with van der Waals surface area (Å²) in [6.07, 6.45) is 0. The van der Waals surface area contributed by atoms with Gasteiger partial charge in [-0.25, -0.2) is 4.39 Å². The van der Waals surface area contributed by atoms with Crippen molar-refractivity contribution in [2.75, 3.05) is 0 Å². The van der Waals surface area contributed by atoms with Gasteiger partial charge in [0.15, 0.2) is 5.69 Å². The van der Waals surface area contributed by atoms with Crippen LogP contribution in [0.25, 0.3) is 11.3 Å². The van der Waals surface area contributed by atoms with Crippen LogP contribution < -0.4 is 4.74 Å². The molecule has 0 radical (unpaired) electrons. The maximum atomic E-state index is 13.1. The van der Waals surface area contributed by atoms with E-state index in [1.165, 1.54) is 12.1 Å². The summed E-state index contributed by atoms with van der Waals surface area (Å²) in [6, 6.07) is 15.4. The van der Waals surface area contributed by atoms with Crippen LogP contribution in [0.5, 0.6) is 5.75 Å². The van der Waals surface area contributed by atoms with E-state index in [9.17, 15) is 4.39 Å². The first-order valence-corrected chi connectivity index (χ1v) is 6.55. The van der Waals surface area contributed by atoms with Gasteiger partial charge in [0.05, 0.1) is 0 Å². The molecule has 0 fully saturated rings. The number of aromatic amines is 1. The number of ether oxygens (including phenoxy) is 1. The monoisotopic (exact) mass is 294 g/mol. The minimum absolute atomic E-state index is 0.239. The van der Waals surface area contributed by atoms with Crippen molar-refractivity contribution < 1.29 is 9.13 Å². The first-order valence-electron chi connectivity index (χ1n) is 6.55. The van der Waals surface area contributed by atoms with Crippen LogP contribution >= 0.6 is 0 Å². The van der Waals surface area contributed by atoms with Gasteiger partial charge in [0.2, 0.25) is 0 Å². The first-order chi connectivity index (χ1) is 10.8. The van der Waals surface area contributed by atoms with Crippen molar-refractivity contribution in [3.8, 4) is 23.1 Å².